The SMILES string of the molecule is Cl.NC12C=CC=CC1CN(c1nc3c(cc1F)c(=O)c(C(=O)O)cn3-c1ccc(F)cc1F)C2. The number of allylic oxidation sites excluding steroid dienone is 2. The Morgan fingerprint density at radius 1 is 1.18 bits per heavy atom. The van der Waals surface area contributed by atoms with E-state index in [0.717, 1.165) is 29.0 Å². The first-order valence-corrected chi connectivity index (χ1v) is 10.0. The van der Waals surface area contributed by atoms with E-state index < -0.39 is 40.0 Å². The summed E-state index contributed by atoms with van der Waals surface area (Å²) in [6, 6.07) is 3.57. The van der Waals surface area contributed by atoms with Crippen LogP contribution in [-0.4, -0.2) is 39.3 Å². The van der Waals surface area contributed by atoms with Crippen LogP contribution in [0.4, 0.5) is 19.0 Å². The summed E-state index contributed by atoms with van der Waals surface area (Å²) in [5.41, 5.74) is 3.64. The van der Waals surface area contributed by atoms with Crippen molar-refractivity contribution in [1.29, 1.82) is 0 Å². The van der Waals surface area contributed by atoms with Gasteiger partial charge < -0.3 is 15.7 Å². The van der Waals surface area contributed by atoms with E-state index in [-0.39, 0.29) is 47.4 Å². The molecule has 34 heavy (non-hydrogen) atoms. The van der Waals surface area contributed by atoms with E-state index >= 15 is 4.39 Å². The number of halogens is 4. The summed E-state index contributed by atoms with van der Waals surface area (Å²) in [6.07, 6.45) is 8.32. The second-order valence-electron chi connectivity index (χ2n) is 8.15. The van der Waals surface area contributed by atoms with Crippen LogP contribution in [-0.2, 0) is 0 Å². The van der Waals surface area contributed by atoms with Gasteiger partial charge in [0.25, 0.3) is 0 Å². The molecular weight excluding hydrogens is 473 g/mol. The molecule has 2 aromatic heterocycles. The van der Waals surface area contributed by atoms with Crippen molar-refractivity contribution in [2.45, 2.75) is 5.54 Å². The molecule has 1 fully saturated rings. The lowest BCUT2D eigenvalue weighted by Gasteiger charge is -2.26. The molecule has 1 aromatic carbocycles. The molecule has 3 aromatic rings. The van der Waals surface area contributed by atoms with Gasteiger partial charge in [-0.15, -0.1) is 12.4 Å². The van der Waals surface area contributed by atoms with Crippen LogP contribution >= 0.6 is 12.4 Å². The van der Waals surface area contributed by atoms with Gasteiger partial charge in [0.1, 0.15) is 17.2 Å². The average Bonchev–Trinajstić information content (AvgIpc) is 3.11. The van der Waals surface area contributed by atoms with Gasteiger partial charge in [0.15, 0.2) is 17.3 Å². The Morgan fingerprint density at radius 3 is 2.62 bits per heavy atom. The number of fused-ring (bicyclic) bond motifs is 2. The Morgan fingerprint density at radius 2 is 1.94 bits per heavy atom. The summed E-state index contributed by atoms with van der Waals surface area (Å²) >= 11 is 0. The smallest absolute Gasteiger partial charge is 0.341 e. The molecule has 0 spiro atoms. The van der Waals surface area contributed by atoms with E-state index in [1.54, 1.807) is 4.90 Å². The Kier molecular flexibility index (Phi) is 5.74. The fourth-order valence-electron chi connectivity index (χ4n) is 4.38. The van der Waals surface area contributed by atoms with E-state index in [1.807, 2.05) is 24.3 Å². The number of rotatable bonds is 3. The zero-order valence-corrected chi connectivity index (χ0v) is 18.2. The molecule has 11 heteroatoms. The van der Waals surface area contributed by atoms with Gasteiger partial charge in [-0.05, 0) is 18.2 Å². The number of carbonyl (C=O) groups is 1. The fourth-order valence-corrected chi connectivity index (χ4v) is 4.38. The molecule has 0 radical (unpaired) electrons. The largest absolute Gasteiger partial charge is 0.477 e. The Hall–Kier alpha value is -3.63. The van der Waals surface area contributed by atoms with Crippen molar-refractivity contribution in [2.75, 3.05) is 18.0 Å². The average molecular weight is 491 g/mol. The van der Waals surface area contributed by atoms with Gasteiger partial charge in [-0.25, -0.2) is 22.9 Å². The van der Waals surface area contributed by atoms with Crippen LogP contribution in [0, 0.1) is 23.4 Å². The van der Waals surface area contributed by atoms with Gasteiger partial charge >= 0.3 is 5.97 Å². The predicted molar refractivity (Wildman–Crippen MR) is 122 cm³/mol. The number of anilines is 1. The number of carboxylic acid groups (broad SMARTS) is 1. The molecule has 5 rings (SSSR count). The van der Waals surface area contributed by atoms with E-state index in [0.29, 0.717) is 12.6 Å². The molecule has 1 saturated heterocycles. The molecule has 0 saturated carbocycles. The number of benzene rings is 1. The highest BCUT2D eigenvalue weighted by Crippen LogP contribution is 2.35. The minimum Gasteiger partial charge on any atom is -0.477 e. The van der Waals surface area contributed by atoms with Crippen molar-refractivity contribution in [2.24, 2.45) is 11.7 Å². The highest BCUT2D eigenvalue weighted by atomic mass is 35.5. The minimum absolute atomic E-state index is 0. The first-order valence-electron chi connectivity index (χ1n) is 10.0. The van der Waals surface area contributed by atoms with Crippen molar-refractivity contribution >= 4 is 35.2 Å². The highest BCUT2D eigenvalue weighted by Gasteiger charge is 2.42. The number of nitrogens with two attached hydrogens (primary N) is 1. The Balaban J connectivity index is 0.00000274. The zero-order valence-electron chi connectivity index (χ0n) is 17.4. The summed E-state index contributed by atoms with van der Waals surface area (Å²) in [7, 11) is 0. The third-order valence-corrected chi connectivity index (χ3v) is 6.05. The van der Waals surface area contributed by atoms with Crippen LogP contribution in [0.5, 0.6) is 0 Å². The summed E-state index contributed by atoms with van der Waals surface area (Å²) in [4.78, 5) is 30.3. The van der Waals surface area contributed by atoms with Gasteiger partial charge in [0.2, 0.25) is 5.43 Å². The van der Waals surface area contributed by atoms with E-state index in [4.69, 9.17) is 5.73 Å². The lowest BCUT2D eigenvalue weighted by molar-refractivity contribution is 0.0695. The quantitative estimate of drug-likeness (QED) is 0.585. The van der Waals surface area contributed by atoms with Gasteiger partial charge in [-0.3, -0.25) is 9.36 Å². The molecule has 2 aliphatic rings. The number of nitrogens with zero attached hydrogens (tertiary/aromatic N) is 3. The molecule has 3 heterocycles. The van der Waals surface area contributed by atoms with Gasteiger partial charge in [-0.1, -0.05) is 24.3 Å². The summed E-state index contributed by atoms with van der Waals surface area (Å²) in [6.45, 7) is 0.603. The molecule has 0 amide bonds. The zero-order chi connectivity index (χ0) is 23.5. The van der Waals surface area contributed by atoms with Crippen LogP contribution in [0.2, 0.25) is 0 Å². The molecule has 0 bridgehead atoms. The number of hydrogen-bond donors (Lipinski definition) is 2. The van der Waals surface area contributed by atoms with Crippen LogP contribution in [0.15, 0.2) is 59.6 Å². The standard InChI is InChI=1S/C23H17F3N4O3.ClH/c24-13-4-5-18(16(25)7-13)30-10-15(22(32)33)19(31)14-8-17(26)21(28-20(14)30)29-9-12-3-1-2-6-23(12,27)11-29;/h1-8,10,12H,9,11,27H2,(H,32,33);1H. The topological polar surface area (TPSA) is 101 Å². The van der Waals surface area contributed by atoms with Crippen LogP contribution in [0.25, 0.3) is 16.7 Å². The van der Waals surface area contributed by atoms with Gasteiger partial charge in [0.05, 0.1) is 16.6 Å². The lowest BCUT2D eigenvalue weighted by Crippen LogP contribution is -2.46. The second-order valence-corrected chi connectivity index (χ2v) is 8.15. The van der Waals surface area contributed by atoms with Crippen molar-refractivity contribution in [3.05, 3.63) is 88.0 Å². The van der Waals surface area contributed by atoms with E-state index in [2.05, 4.69) is 4.98 Å². The monoisotopic (exact) mass is 490 g/mol. The first-order chi connectivity index (χ1) is 15.7. The molecule has 2 unspecified atom stereocenters. The van der Waals surface area contributed by atoms with E-state index in [9.17, 15) is 23.5 Å². The fraction of sp³-hybridized carbons (Fsp3) is 0.174. The Bertz CT molecular complexity index is 1460. The lowest BCUT2D eigenvalue weighted by atomic mass is 9.85. The van der Waals surface area contributed by atoms with Crippen LogP contribution < -0.4 is 16.1 Å². The molecular formula is C23H18ClF3N4O3. The molecule has 1 aliphatic heterocycles. The summed E-state index contributed by atoms with van der Waals surface area (Å²) in [5, 5.41) is 9.09. The van der Waals surface area contributed by atoms with Crippen molar-refractivity contribution in [1.82, 2.24) is 9.55 Å². The molecule has 7 nitrogen and oxygen atoms in total. The summed E-state index contributed by atoms with van der Waals surface area (Å²) in [5.74, 6) is -4.47. The molecule has 2 atom stereocenters. The van der Waals surface area contributed by atoms with Crippen molar-refractivity contribution < 1.29 is 23.1 Å². The third-order valence-electron chi connectivity index (χ3n) is 6.05. The van der Waals surface area contributed by atoms with Crippen molar-refractivity contribution in [3.8, 4) is 5.69 Å². The molecule has 176 valence electrons. The van der Waals surface area contributed by atoms with Gasteiger partial charge in [-0.2, -0.15) is 0 Å². The maximum Gasteiger partial charge on any atom is 0.341 e. The minimum atomic E-state index is -1.57. The maximum atomic E-state index is 15.2. The maximum absolute atomic E-state index is 15.2. The number of aromatic carboxylic acids is 1. The number of carboxylic acids is 1. The highest BCUT2D eigenvalue weighted by molar-refractivity contribution is 5.92. The molecule has 3 N–H and O–H groups in total. The second kappa shape index (κ2) is 8.30. The predicted octanol–water partition coefficient (Wildman–Crippen LogP) is 3.18. The third kappa shape index (κ3) is 3.64. The number of hydrogen-bond acceptors (Lipinski definition) is 5. The van der Waals surface area contributed by atoms with Crippen LogP contribution in [0.1, 0.15) is 10.4 Å². The normalized spacial score (nSPS) is 20.9. The first kappa shape index (κ1) is 23.5. The Labute approximate surface area is 197 Å². The van der Waals surface area contributed by atoms with Gasteiger partial charge in [0, 0.05) is 31.3 Å². The number of pyridine rings is 2. The van der Waals surface area contributed by atoms with Crippen molar-refractivity contribution in [3.63, 3.8) is 0 Å². The summed E-state index contributed by atoms with van der Waals surface area (Å²) < 4.78 is 44.2. The van der Waals surface area contributed by atoms with Crippen LogP contribution in [0.3, 0.4) is 0 Å². The van der Waals surface area contributed by atoms with E-state index in [1.165, 1.54) is 0 Å². The number of aromatic nitrogens is 2. The molecule has 1 aliphatic carbocycles.